The van der Waals surface area contributed by atoms with Crippen LogP contribution in [0.1, 0.15) is 18.5 Å². The van der Waals surface area contributed by atoms with E-state index in [1.807, 2.05) is 37.3 Å². The molecule has 3 aromatic rings. The van der Waals surface area contributed by atoms with Crippen molar-refractivity contribution in [3.63, 3.8) is 0 Å². The third-order valence-electron chi connectivity index (χ3n) is 4.32. The lowest BCUT2D eigenvalue weighted by Gasteiger charge is -2.15. The van der Waals surface area contributed by atoms with Gasteiger partial charge in [-0.15, -0.1) is 0 Å². The smallest absolute Gasteiger partial charge is 0.258 e. The van der Waals surface area contributed by atoms with Crippen molar-refractivity contribution >= 4 is 5.91 Å². The number of methoxy groups -OCH3 is 1. The largest absolute Gasteiger partial charge is 0.497 e. The summed E-state index contributed by atoms with van der Waals surface area (Å²) in [7, 11) is 1.61. The third kappa shape index (κ3) is 5.11. The van der Waals surface area contributed by atoms with E-state index in [9.17, 15) is 4.79 Å². The van der Waals surface area contributed by atoms with Crippen LogP contribution in [0.4, 0.5) is 0 Å². The molecule has 0 fully saturated rings. The molecule has 0 aliphatic heterocycles. The number of amides is 1. The van der Waals surface area contributed by atoms with E-state index in [-0.39, 0.29) is 18.6 Å². The van der Waals surface area contributed by atoms with E-state index in [4.69, 9.17) is 9.47 Å². The van der Waals surface area contributed by atoms with Crippen LogP contribution in [0.15, 0.2) is 78.9 Å². The summed E-state index contributed by atoms with van der Waals surface area (Å²) in [5.74, 6) is 1.22. The minimum Gasteiger partial charge on any atom is -0.497 e. The molecule has 3 aromatic carbocycles. The highest BCUT2D eigenvalue weighted by molar-refractivity contribution is 5.78. The summed E-state index contributed by atoms with van der Waals surface area (Å²) < 4.78 is 10.6. The van der Waals surface area contributed by atoms with Gasteiger partial charge in [-0.05, 0) is 47.9 Å². The van der Waals surface area contributed by atoms with Crippen LogP contribution in [0.5, 0.6) is 11.5 Å². The standard InChI is InChI=1S/C23H23NO3/c1-17(18-8-10-20(11-9-18)19-6-4-3-5-7-19)24-23(25)16-27-22-14-12-21(26-2)13-15-22/h3-15,17H,16H2,1-2H3,(H,24,25)/t17-/m1/s1. The van der Waals surface area contributed by atoms with Gasteiger partial charge in [-0.3, -0.25) is 4.79 Å². The monoisotopic (exact) mass is 361 g/mol. The Balaban J connectivity index is 1.53. The second-order valence-corrected chi connectivity index (χ2v) is 6.24. The van der Waals surface area contributed by atoms with Crippen LogP contribution in [0.3, 0.4) is 0 Å². The molecule has 4 heteroatoms. The molecule has 1 N–H and O–H groups in total. The number of carbonyl (C=O) groups excluding carboxylic acids is 1. The summed E-state index contributed by atoms with van der Waals surface area (Å²) in [6.45, 7) is 1.93. The molecule has 0 bridgehead atoms. The fraction of sp³-hybridized carbons (Fsp3) is 0.174. The van der Waals surface area contributed by atoms with Gasteiger partial charge in [-0.2, -0.15) is 0 Å². The number of nitrogens with one attached hydrogen (secondary N) is 1. The van der Waals surface area contributed by atoms with E-state index in [1.54, 1.807) is 31.4 Å². The summed E-state index contributed by atoms with van der Waals surface area (Å²) in [6, 6.07) is 25.5. The van der Waals surface area contributed by atoms with Crippen LogP contribution in [0.2, 0.25) is 0 Å². The molecule has 27 heavy (non-hydrogen) atoms. The van der Waals surface area contributed by atoms with E-state index >= 15 is 0 Å². The van der Waals surface area contributed by atoms with Gasteiger partial charge in [0.25, 0.3) is 5.91 Å². The zero-order valence-corrected chi connectivity index (χ0v) is 15.5. The Morgan fingerprint density at radius 1 is 0.852 bits per heavy atom. The molecule has 3 rings (SSSR count). The van der Waals surface area contributed by atoms with Crippen LogP contribution >= 0.6 is 0 Å². The first kappa shape index (κ1) is 18.5. The number of hydrogen-bond acceptors (Lipinski definition) is 3. The number of benzene rings is 3. The average Bonchev–Trinajstić information content (AvgIpc) is 2.73. The van der Waals surface area contributed by atoms with Gasteiger partial charge in [0.2, 0.25) is 0 Å². The second kappa shape index (κ2) is 8.90. The molecule has 138 valence electrons. The van der Waals surface area contributed by atoms with E-state index in [1.165, 1.54) is 5.56 Å². The maximum atomic E-state index is 12.2. The van der Waals surface area contributed by atoms with Gasteiger partial charge in [-0.25, -0.2) is 0 Å². The number of hydrogen-bond donors (Lipinski definition) is 1. The molecule has 4 nitrogen and oxygen atoms in total. The highest BCUT2D eigenvalue weighted by Gasteiger charge is 2.10. The highest BCUT2D eigenvalue weighted by atomic mass is 16.5. The average molecular weight is 361 g/mol. The lowest BCUT2D eigenvalue weighted by molar-refractivity contribution is -0.123. The Kier molecular flexibility index (Phi) is 6.10. The first-order valence-corrected chi connectivity index (χ1v) is 8.87. The van der Waals surface area contributed by atoms with E-state index in [0.717, 1.165) is 16.9 Å². The van der Waals surface area contributed by atoms with Crippen LogP contribution in [0, 0.1) is 0 Å². The van der Waals surface area contributed by atoms with Crippen molar-refractivity contribution < 1.29 is 14.3 Å². The molecule has 0 saturated carbocycles. The Morgan fingerprint density at radius 2 is 1.44 bits per heavy atom. The SMILES string of the molecule is COc1ccc(OCC(=O)N[C@H](C)c2ccc(-c3ccccc3)cc2)cc1. The van der Waals surface area contributed by atoms with Gasteiger partial charge in [0.1, 0.15) is 11.5 Å². The van der Waals surface area contributed by atoms with Crippen molar-refractivity contribution in [3.05, 3.63) is 84.4 Å². The van der Waals surface area contributed by atoms with Crippen molar-refractivity contribution in [2.45, 2.75) is 13.0 Å². The zero-order chi connectivity index (χ0) is 19.1. The summed E-state index contributed by atoms with van der Waals surface area (Å²) in [4.78, 5) is 12.2. The third-order valence-corrected chi connectivity index (χ3v) is 4.32. The van der Waals surface area contributed by atoms with E-state index in [0.29, 0.717) is 5.75 Å². The summed E-state index contributed by atoms with van der Waals surface area (Å²) >= 11 is 0. The van der Waals surface area contributed by atoms with Crippen molar-refractivity contribution in [1.29, 1.82) is 0 Å². The molecule has 0 heterocycles. The van der Waals surface area contributed by atoms with Crippen molar-refractivity contribution in [1.82, 2.24) is 5.32 Å². The Bertz CT molecular complexity index is 858. The predicted octanol–water partition coefficient (Wildman–Crippen LogP) is 4.62. The summed E-state index contributed by atoms with van der Waals surface area (Å²) in [5, 5.41) is 2.96. The van der Waals surface area contributed by atoms with Crippen LogP contribution in [-0.2, 0) is 4.79 Å². The molecule has 0 aromatic heterocycles. The van der Waals surface area contributed by atoms with Crippen LogP contribution in [0.25, 0.3) is 11.1 Å². The first-order valence-electron chi connectivity index (χ1n) is 8.87. The molecule has 0 saturated heterocycles. The Labute approximate surface area is 159 Å². The van der Waals surface area contributed by atoms with Gasteiger partial charge in [-0.1, -0.05) is 54.6 Å². The minimum absolute atomic E-state index is 0.0290. The van der Waals surface area contributed by atoms with Crippen molar-refractivity contribution in [3.8, 4) is 22.6 Å². The fourth-order valence-electron chi connectivity index (χ4n) is 2.78. The second-order valence-electron chi connectivity index (χ2n) is 6.24. The van der Waals surface area contributed by atoms with Gasteiger partial charge >= 0.3 is 0 Å². The number of ether oxygens (including phenoxy) is 2. The number of rotatable bonds is 7. The Hall–Kier alpha value is -3.27. The van der Waals surface area contributed by atoms with Gasteiger partial charge in [0, 0.05) is 0 Å². The molecule has 0 aliphatic rings. The topological polar surface area (TPSA) is 47.6 Å². The zero-order valence-electron chi connectivity index (χ0n) is 15.5. The molecule has 1 atom stereocenters. The van der Waals surface area contributed by atoms with Gasteiger partial charge in [0.15, 0.2) is 6.61 Å². The lowest BCUT2D eigenvalue weighted by Crippen LogP contribution is -2.31. The molecular formula is C23H23NO3. The summed E-state index contributed by atoms with van der Waals surface area (Å²) in [5.41, 5.74) is 3.38. The van der Waals surface area contributed by atoms with Crippen LogP contribution in [-0.4, -0.2) is 19.6 Å². The maximum Gasteiger partial charge on any atom is 0.258 e. The molecule has 0 aliphatic carbocycles. The van der Waals surface area contributed by atoms with Crippen molar-refractivity contribution in [2.75, 3.05) is 13.7 Å². The first-order chi connectivity index (χ1) is 13.2. The Morgan fingerprint density at radius 3 is 2.07 bits per heavy atom. The fourth-order valence-corrected chi connectivity index (χ4v) is 2.78. The maximum absolute atomic E-state index is 12.2. The summed E-state index contributed by atoms with van der Waals surface area (Å²) in [6.07, 6.45) is 0. The van der Waals surface area contributed by atoms with E-state index in [2.05, 4.69) is 29.6 Å². The molecule has 0 radical (unpaired) electrons. The van der Waals surface area contributed by atoms with Crippen LogP contribution < -0.4 is 14.8 Å². The van der Waals surface area contributed by atoms with E-state index < -0.39 is 0 Å². The van der Waals surface area contributed by atoms with Gasteiger partial charge in [0.05, 0.1) is 13.2 Å². The predicted molar refractivity (Wildman–Crippen MR) is 107 cm³/mol. The molecule has 0 spiro atoms. The normalized spacial score (nSPS) is 11.5. The van der Waals surface area contributed by atoms with Crippen molar-refractivity contribution in [2.24, 2.45) is 0 Å². The minimum atomic E-state index is -0.162. The molecule has 0 unspecified atom stereocenters. The molecular weight excluding hydrogens is 338 g/mol. The van der Waals surface area contributed by atoms with Gasteiger partial charge < -0.3 is 14.8 Å². The quantitative estimate of drug-likeness (QED) is 0.668. The molecule has 1 amide bonds. The lowest BCUT2D eigenvalue weighted by atomic mass is 10.0. The highest BCUT2D eigenvalue weighted by Crippen LogP contribution is 2.22. The number of carbonyl (C=O) groups is 1.